The lowest BCUT2D eigenvalue weighted by molar-refractivity contribution is 0.153. The molecule has 80 valence electrons. The van der Waals surface area contributed by atoms with Crippen molar-refractivity contribution in [3.8, 4) is 0 Å². The molecule has 2 N–H and O–H groups in total. The summed E-state index contributed by atoms with van der Waals surface area (Å²) < 4.78 is 18.9. The summed E-state index contributed by atoms with van der Waals surface area (Å²) in [6.45, 7) is -0.116. The van der Waals surface area contributed by atoms with E-state index in [-0.39, 0.29) is 12.4 Å². The summed E-state index contributed by atoms with van der Waals surface area (Å²) in [5.74, 6) is -0.338. The van der Waals surface area contributed by atoms with Crippen LogP contribution >= 0.6 is 15.9 Å². The van der Waals surface area contributed by atoms with E-state index in [1.807, 2.05) is 0 Å². The SMILES string of the molecule is OCC1=COC(c2ccc(Br)c(F)c2)N1. The van der Waals surface area contributed by atoms with Crippen molar-refractivity contribution in [1.29, 1.82) is 0 Å². The number of benzene rings is 1. The highest BCUT2D eigenvalue weighted by Crippen LogP contribution is 2.25. The van der Waals surface area contributed by atoms with Gasteiger partial charge in [-0.25, -0.2) is 4.39 Å². The van der Waals surface area contributed by atoms with Crippen LogP contribution in [0.3, 0.4) is 0 Å². The monoisotopic (exact) mass is 273 g/mol. The first-order valence-corrected chi connectivity index (χ1v) is 5.17. The van der Waals surface area contributed by atoms with Gasteiger partial charge in [0.1, 0.15) is 12.1 Å². The van der Waals surface area contributed by atoms with Crippen LogP contribution in [0.25, 0.3) is 0 Å². The fourth-order valence-corrected chi connectivity index (χ4v) is 1.55. The lowest BCUT2D eigenvalue weighted by Crippen LogP contribution is -2.17. The molecule has 1 aromatic rings. The van der Waals surface area contributed by atoms with E-state index in [0.717, 1.165) is 0 Å². The zero-order valence-corrected chi connectivity index (χ0v) is 9.29. The van der Waals surface area contributed by atoms with Crippen LogP contribution in [0, 0.1) is 5.82 Å². The van der Waals surface area contributed by atoms with Crippen molar-refractivity contribution in [3.63, 3.8) is 0 Å². The van der Waals surface area contributed by atoms with E-state index in [4.69, 9.17) is 9.84 Å². The number of nitrogens with one attached hydrogen (secondary N) is 1. The number of rotatable bonds is 2. The van der Waals surface area contributed by atoms with Crippen LogP contribution in [0.15, 0.2) is 34.6 Å². The molecule has 1 aliphatic rings. The Kier molecular flexibility index (Phi) is 2.93. The zero-order valence-electron chi connectivity index (χ0n) is 7.71. The van der Waals surface area contributed by atoms with Crippen molar-refractivity contribution in [2.45, 2.75) is 6.23 Å². The highest BCUT2D eigenvalue weighted by molar-refractivity contribution is 9.10. The van der Waals surface area contributed by atoms with Crippen LogP contribution in [-0.4, -0.2) is 11.7 Å². The summed E-state index contributed by atoms with van der Waals surface area (Å²) in [6, 6.07) is 4.75. The third-order valence-corrected chi connectivity index (χ3v) is 2.72. The van der Waals surface area contributed by atoms with Gasteiger partial charge >= 0.3 is 0 Å². The fourth-order valence-electron chi connectivity index (χ4n) is 1.31. The maximum Gasteiger partial charge on any atom is 0.195 e. The van der Waals surface area contributed by atoms with Gasteiger partial charge in [0.05, 0.1) is 16.8 Å². The predicted molar refractivity (Wildman–Crippen MR) is 56.2 cm³/mol. The van der Waals surface area contributed by atoms with Gasteiger partial charge in [-0.3, -0.25) is 0 Å². The number of aliphatic hydroxyl groups is 1. The third kappa shape index (κ3) is 2.13. The van der Waals surface area contributed by atoms with Crippen LogP contribution < -0.4 is 5.32 Å². The van der Waals surface area contributed by atoms with Gasteiger partial charge in [0, 0.05) is 5.56 Å². The Morgan fingerprint density at radius 3 is 2.93 bits per heavy atom. The van der Waals surface area contributed by atoms with E-state index in [1.165, 1.54) is 12.3 Å². The molecule has 0 saturated carbocycles. The largest absolute Gasteiger partial charge is 0.472 e. The van der Waals surface area contributed by atoms with Crippen LogP contribution in [-0.2, 0) is 4.74 Å². The number of hydrogen-bond donors (Lipinski definition) is 2. The molecule has 0 bridgehead atoms. The summed E-state index contributed by atoms with van der Waals surface area (Å²) in [6.07, 6.45) is 1.01. The molecule has 0 aliphatic carbocycles. The van der Waals surface area contributed by atoms with Crippen LogP contribution in [0.1, 0.15) is 11.8 Å². The minimum atomic E-state index is -0.422. The Labute approximate surface area is 94.7 Å². The number of hydrogen-bond acceptors (Lipinski definition) is 3. The number of ether oxygens (including phenoxy) is 1. The molecule has 0 spiro atoms. The van der Waals surface area contributed by atoms with E-state index in [0.29, 0.717) is 15.7 Å². The van der Waals surface area contributed by atoms with Crippen molar-refractivity contribution in [1.82, 2.24) is 5.32 Å². The van der Waals surface area contributed by atoms with E-state index < -0.39 is 6.23 Å². The standard InChI is InChI=1S/C10H9BrFNO2/c11-8-2-1-6(3-9(8)12)10-13-7(4-14)5-15-10/h1-3,5,10,13-14H,4H2. The molecule has 15 heavy (non-hydrogen) atoms. The average Bonchev–Trinajstić information content (AvgIpc) is 2.70. The highest BCUT2D eigenvalue weighted by Gasteiger charge is 2.19. The van der Waals surface area contributed by atoms with Crippen molar-refractivity contribution < 1.29 is 14.2 Å². The summed E-state index contributed by atoms with van der Waals surface area (Å²) >= 11 is 3.07. The van der Waals surface area contributed by atoms with Crippen molar-refractivity contribution >= 4 is 15.9 Å². The molecule has 5 heteroatoms. The van der Waals surface area contributed by atoms with E-state index in [9.17, 15) is 4.39 Å². The average molecular weight is 274 g/mol. The highest BCUT2D eigenvalue weighted by atomic mass is 79.9. The normalized spacial score (nSPS) is 19.4. The molecule has 2 rings (SSSR count). The molecule has 1 aromatic carbocycles. The molecular formula is C10H9BrFNO2. The first kappa shape index (κ1) is 10.4. The molecule has 0 fully saturated rings. The lowest BCUT2D eigenvalue weighted by Gasteiger charge is -2.12. The second kappa shape index (κ2) is 4.20. The van der Waals surface area contributed by atoms with Gasteiger partial charge in [-0.15, -0.1) is 0 Å². The third-order valence-electron chi connectivity index (χ3n) is 2.08. The molecule has 0 amide bonds. The number of halogens is 2. The van der Waals surface area contributed by atoms with Gasteiger partial charge in [0.15, 0.2) is 6.23 Å². The molecule has 1 unspecified atom stereocenters. The molecule has 0 saturated heterocycles. The van der Waals surface area contributed by atoms with Gasteiger partial charge in [0.25, 0.3) is 0 Å². The van der Waals surface area contributed by atoms with E-state index in [2.05, 4.69) is 21.2 Å². The summed E-state index contributed by atoms with van der Waals surface area (Å²) in [5, 5.41) is 11.7. The molecule has 3 nitrogen and oxygen atoms in total. The summed E-state index contributed by atoms with van der Waals surface area (Å²) in [4.78, 5) is 0. The fraction of sp³-hybridized carbons (Fsp3) is 0.200. The van der Waals surface area contributed by atoms with Gasteiger partial charge < -0.3 is 15.2 Å². The van der Waals surface area contributed by atoms with Crippen molar-refractivity contribution in [2.24, 2.45) is 0 Å². The van der Waals surface area contributed by atoms with Gasteiger partial charge in [-0.1, -0.05) is 6.07 Å². The molecule has 1 heterocycles. The molecule has 0 radical (unpaired) electrons. The Balaban J connectivity index is 2.15. The lowest BCUT2D eigenvalue weighted by atomic mass is 10.2. The first-order valence-electron chi connectivity index (χ1n) is 4.37. The minimum Gasteiger partial charge on any atom is -0.472 e. The minimum absolute atomic E-state index is 0.116. The van der Waals surface area contributed by atoms with Gasteiger partial charge in [-0.05, 0) is 28.1 Å². The van der Waals surface area contributed by atoms with E-state index >= 15 is 0 Å². The predicted octanol–water partition coefficient (Wildman–Crippen LogP) is 2.04. The second-order valence-corrected chi connectivity index (χ2v) is 3.99. The zero-order chi connectivity index (χ0) is 10.8. The molecule has 1 aliphatic heterocycles. The molecular weight excluding hydrogens is 265 g/mol. The van der Waals surface area contributed by atoms with Crippen LogP contribution in [0.4, 0.5) is 4.39 Å². The van der Waals surface area contributed by atoms with Crippen LogP contribution in [0.2, 0.25) is 0 Å². The molecule has 0 aromatic heterocycles. The maximum atomic E-state index is 13.2. The maximum absolute atomic E-state index is 13.2. The number of aliphatic hydroxyl groups excluding tert-OH is 1. The second-order valence-electron chi connectivity index (χ2n) is 3.14. The van der Waals surface area contributed by atoms with Crippen molar-refractivity contribution in [3.05, 3.63) is 46.0 Å². The van der Waals surface area contributed by atoms with Gasteiger partial charge in [0.2, 0.25) is 0 Å². The quantitative estimate of drug-likeness (QED) is 0.867. The first-order chi connectivity index (χ1) is 7.20. The molecule has 1 atom stereocenters. The summed E-state index contributed by atoms with van der Waals surface area (Å²) in [5.41, 5.74) is 1.26. The van der Waals surface area contributed by atoms with Gasteiger partial charge in [-0.2, -0.15) is 0 Å². The Hall–Kier alpha value is -1.07. The Morgan fingerprint density at radius 1 is 1.53 bits per heavy atom. The topological polar surface area (TPSA) is 41.5 Å². The van der Waals surface area contributed by atoms with Crippen LogP contribution in [0.5, 0.6) is 0 Å². The Bertz CT molecular complexity index is 408. The van der Waals surface area contributed by atoms with E-state index in [1.54, 1.807) is 12.1 Å². The summed E-state index contributed by atoms with van der Waals surface area (Å²) in [7, 11) is 0. The Morgan fingerprint density at radius 2 is 2.33 bits per heavy atom. The van der Waals surface area contributed by atoms with Crippen molar-refractivity contribution in [2.75, 3.05) is 6.61 Å². The smallest absolute Gasteiger partial charge is 0.195 e.